The molecule has 0 amide bonds. The van der Waals surface area contributed by atoms with Crippen molar-refractivity contribution in [3.8, 4) is 0 Å². The summed E-state index contributed by atoms with van der Waals surface area (Å²) >= 11 is 0. The van der Waals surface area contributed by atoms with Gasteiger partial charge in [-0.1, -0.05) is 136 Å². The summed E-state index contributed by atoms with van der Waals surface area (Å²) in [4.78, 5) is 74.5. The first-order valence-corrected chi connectivity index (χ1v) is 25.2. The van der Waals surface area contributed by atoms with E-state index >= 15 is 0 Å². The van der Waals surface area contributed by atoms with Crippen LogP contribution in [0, 0.1) is 5.41 Å². The van der Waals surface area contributed by atoms with Gasteiger partial charge in [-0.05, 0) is 57.8 Å². The fourth-order valence-corrected chi connectivity index (χ4v) is 6.75. The highest BCUT2D eigenvalue weighted by Gasteiger charge is 2.35. The molecule has 0 aromatic rings. The molecule has 13 heteroatoms. The second-order valence-corrected chi connectivity index (χ2v) is 17.3. The average molecular weight is 899 g/mol. The fourth-order valence-electron chi connectivity index (χ4n) is 6.75. The summed E-state index contributed by atoms with van der Waals surface area (Å²) in [6.07, 6.45) is 26.9. The molecule has 0 atom stereocenters. The van der Waals surface area contributed by atoms with Crippen LogP contribution in [0.2, 0.25) is 0 Å². The number of carbonyl (C=O) groups is 6. The molecule has 0 unspecified atom stereocenters. The molecule has 0 rings (SSSR count). The standard InChI is InChI=1S/C50H90O13/c1-4-7-10-13-16-19-28-37-58-44(52)31-22-25-34-47(55)61-41-50(40-51,42-62-48(56)35-26-23-32-45(53)59-38-29-20-17-14-11-8-5-2)43-63-49(57)36-27-24-33-46(54)60-39-30-21-18-15-12-9-6-3/h51H,4-43H2,1-3H3. The smallest absolute Gasteiger partial charge is 0.305 e. The zero-order valence-electron chi connectivity index (χ0n) is 40.1. The molecule has 0 aliphatic heterocycles. The third-order valence-electron chi connectivity index (χ3n) is 11.0. The normalized spacial score (nSPS) is 11.2. The molecule has 1 N–H and O–H groups in total. The van der Waals surface area contributed by atoms with Crippen molar-refractivity contribution in [2.24, 2.45) is 5.41 Å². The maximum atomic E-state index is 12.7. The molecule has 0 aromatic heterocycles. The lowest BCUT2D eigenvalue weighted by Crippen LogP contribution is -2.42. The molecule has 0 aliphatic rings. The van der Waals surface area contributed by atoms with Crippen LogP contribution in [0.3, 0.4) is 0 Å². The van der Waals surface area contributed by atoms with Crippen LogP contribution in [-0.4, -0.2) is 87.2 Å². The summed E-state index contributed by atoms with van der Waals surface area (Å²) in [6.45, 7) is 6.01. The summed E-state index contributed by atoms with van der Waals surface area (Å²) in [5.41, 5.74) is -1.42. The van der Waals surface area contributed by atoms with E-state index in [1.165, 1.54) is 77.0 Å². The molecule has 0 bridgehead atoms. The Kier molecular flexibility index (Phi) is 41.8. The van der Waals surface area contributed by atoms with E-state index in [-0.39, 0.29) is 76.3 Å². The second-order valence-electron chi connectivity index (χ2n) is 17.3. The number of ether oxygens (including phenoxy) is 6. The Hall–Kier alpha value is -3.22. The van der Waals surface area contributed by atoms with Crippen molar-refractivity contribution in [1.29, 1.82) is 0 Å². The Morgan fingerprint density at radius 2 is 0.508 bits per heavy atom. The molecule has 0 radical (unpaired) electrons. The maximum Gasteiger partial charge on any atom is 0.305 e. The zero-order valence-corrected chi connectivity index (χ0v) is 40.1. The minimum Gasteiger partial charge on any atom is -0.466 e. The Labute approximate surface area is 381 Å². The number of esters is 6. The summed E-state index contributed by atoms with van der Waals surface area (Å²) in [7, 11) is 0. The van der Waals surface area contributed by atoms with Crippen molar-refractivity contribution in [1.82, 2.24) is 0 Å². The van der Waals surface area contributed by atoms with Gasteiger partial charge in [-0.25, -0.2) is 0 Å². The number of carbonyl (C=O) groups excluding carboxylic acids is 6. The highest BCUT2D eigenvalue weighted by molar-refractivity contribution is 5.72. The van der Waals surface area contributed by atoms with E-state index in [2.05, 4.69) is 20.8 Å². The van der Waals surface area contributed by atoms with Gasteiger partial charge in [-0.15, -0.1) is 0 Å². The van der Waals surface area contributed by atoms with E-state index in [0.717, 1.165) is 57.8 Å². The van der Waals surface area contributed by atoms with E-state index in [1.54, 1.807) is 0 Å². The summed E-state index contributed by atoms with van der Waals surface area (Å²) < 4.78 is 32.4. The van der Waals surface area contributed by atoms with Gasteiger partial charge in [0.1, 0.15) is 19.8 Å². The number of hydrogen-bond acceptors (Lipinski definition) is 13. The van der Waals surface area contributed by atoms with Crippen LogP contribution >= 0.6 is 0 Å². The molecule has 0 saturated heterocycles. The van der Waals surface area contributed by atoms with Crippen LogP contribution in [0.15, 0.2) is 0 Å². The quantitative estimate of drug-likeness (QED) is 0.0347. The maximum absolute atomic E-state index is 12.7. The number of hydrogen-bond donors (Lipinski definition) is 1. The van der Waals surface area contributed by atoms with Crippen LogP contribution in [0.5, 0.6) is 0 Å². The molecular formula is C50H90O13. The Morgan fingerprint density at radius 1 is 0.302 bits per heavy atom. The third-order valence-corrected chi connectivity index (χ3v) is 11.0. The van der Waals surface area contributed by atoms with Crippen molar-refractivity contribution in [2.75, 3.05) is 46.2 Å². The van der Waals surface area contributed by atoms with Crippen molar-refractivity contribution in [3.63, 3.8) is 0 Å². The summed E-state index contributed by atoms with van der Waals surface area (Å²) in [5.74, 6) is -2.60. The van der Waals surface area contributed by atoms with Crippen molar-refractivity contribution in [2.45, 2.75) is 233 Å². The topological polar surface area (TPSA) is 178 Å². The van der Waals surface area contributed by atoms with E-state index in [4.69, 9.17) is 28.4 Å². The van der Waals surface area contributed by atoms with Crippen LogP contribution in [-0.2, 0) is 57.2 Å². The minimum atomic E-state index is -1.42. The lowest BCUT2D eigenvalue weighted by molar-refractivity contribution is -0.166. The molecule has 0 fully saturated rings. The number of aliphatic hydroxyl groups is 1. The first-order chi connectivity index (χ1) is 30.6. The number of unbranched alkanes of at least 4 members (excludes halogenated alkanes) is 21. The molecule has 13 nitrogen and oxygen atoms in total. The molecular weight excluding hydrogens is 809 g/mol. The molecule has 0 saturated carbocycles. The predicted molar refractivity (Wildman–Crippen MR) is 245 cm³/mol. The van der Waals surface area contributed by atoms with Gasteiger partial charge in [0.2, 0.25) is 0 Å². The van der Waals surface area contributed by atoms with Crippen molar-refractivity contribution < 1.29 is 62.3 Å². The van der Waals surface area contributed by atoms with Crippen LogP contribution in [0.25, 0.3) is 0 Å². The van der Waals surface area contributed by atoms with Gasteiger partial charge >= 0.3 is 35.8 Å². The summed E-state index contributed by atoms with van der Waals surface area (Å²) in [6, 6.07) is 0. The zero-order chi connectivity index (χ0) is 46.5. The molecule has 0 spiro atoms. The Bertz CT molecular complexity index is 1020. The van der Waals surface area contributed by atoms with E-state index in [1.807, 2.05) is 0 Å². The molecule has 63 heavy (non-hydrogen) atoms. The predicted octanol–water partition coefficient (Wildman–Crippen LogP) is 11.2. The highest BCUT2D eigenvalue weighted by atomic mass is 16.6. The fraction of sp³-hybridized carbons (Fsp3) is 0.880. The number of rotatable bonds is 46. The SMILES string of the molecule is CCCCCCCCCOC(=O)CCCCC(=O)OCC(CO)(COC(=O)CCCCC(=O)OCCCCCCCCC)COC(=O)CCCCC(=O)OCCCCCCCCC. The molecule has 0 aliphatic carbocycles. The number of aliphatic hydroxyl groups excluding tert-OH is 1. The Morgan fingerprint density at radius 3 is 0.730 bits per heavy atom. The van der Waals surface area contributed by atoms with Gasteiger partial charge in [0.15, 0.2) is 0 Å². The Balaban J connectivity index is 4.80. The van der Waals surface area contributed by atoms with E-state index in [0.29, 0.717) is 58.3 Å². The lowest BCUT2D eigenvalue weighted by atomic mass is 9.92. The monoisotopic (exact) mass is 899 g/mol. The van der Waals surface area contributed by atoms with Crippen LogP contribution in [0.1, 0.15) is 233 Å². The summed E-state index contributed by atoms with van der Waals surface area (Å²) in [5, 5.41) is 10.5. The molecule has 0 aromatic carbocycles. The van der Waals surface area contributed by atoms with E-state index in [9.17, 15) is 33.9 Å². The average Bonchev–Trinajstić information content (AvgIpc) is 3.28. The van der Waals surface area contributed by atoms with Gasteiger partial charge < -0.3 is 33.5 Å². The van der Waals surface area contributed by atoms with Crippen molar-refractivity contribution >= 4 is 35.8 Å². The third kappa shape index (κ3) is 40.1. The van der Waals surface area contributed by atoms with Crippen LogP contribution in [0.4, 0.5) is 0 Å². The minimum absolute atomic E-state index is 0.0229. The van der Waals surface area contributed by atoms with E-state index < -0.39 is 29.9 Å². The highest BCUT2D eigenvalue weighted by Crippen LogP contribution is 2.22. The van der Waals surface area contributed by atoms with Gasteiger partial charge in [0.25, 0.3) is 0 Å². The largest absolute Gasteiger partial charge is 0.466 e. The lowest BCUT2D eigenvalue weighted by Gasteiger charge is -2.30. The van der Waals surface area contributed by atoms with Gasteiger partial charge in [0, 0.05) is 38.5 Å². The van der Waals surface area contributed by atoms with Gasteiger partial charge in [-0.3, -0.25) is 28.8 Å². The second kappa shape index (κ2) is 44.0. The van der Waals surface area contributed by atoms with Gasteiger partial charge in [0.05, 0.1) is 31.8 Å². The molecule has 0 heterocycles. The first kappa shape index (κ1) is 59.8. The van der Waals surface area contributed by atoms with Crippen LogP contribution < -0.4 is 0 Å². The molecule has 368 valence electrons. The van der Waals surface area contributed by atoms with Crippen molar-refractivity contribution in [3.05, 3.63) is 0 Å². The van der Waals surface area contributed by atoms with Gasteiger partial charge in [-0.2, -0.15) is 0 Å². The first-order valence-electron chi connectivity index (χ1n) is 25.2.